The summed E-state index contributed by atoms with van der Waals surface area (Å²) in [5, 5.41) is 0. The van der Waals surface area contributed by atoms with Crippen LogP contribution in [0.3, 0.4) is 0 Å². The van der Waals surface area contributed by atoms with E-state index in [2.05, 4.69) is 20.8 Å². The van der Waals surface area contributed by atoms with Crippen molar-refractivity contribution in [2.45, 2.75) is 97.5 Å². The topological polar surface area (TPSA) is 44.8 Å². The molecule has 0 fully saturated rings. The first-order chi connectivity index (χ1) is 16.6. The van der Waals surface area contributed by atoms with Crippen LogP contribution in [0.15, 0.2) is 48.5 Å². The van der Waals surface area contributed by atoms with Crippen LogP contribution in [0.4, 0.5) is 0 Å². The molecule has 4 heteroatoms. The Labute approximate surface area is 207 Å². The van der Waals surface area contributed by atoms with Gasteiger partial charge in [0.25, 0.3) is 0 Å². The molecular formula is C30H44O4. The van der Waals surface area contributed by atoms with Crippen molar-refractivity contribution >= 4 is 5.97 Å². The summed E-state index contributed by atoms with van der Waals surface area (Å²) in [5.74, 6) is 0.942. The predicted molar refractivity (Wildman–Crippen MR) is 140 cm³/mol. The zero-order chi connectivity index (χ0) is 24.4. The third-order valence-electron chi connectivity index (χ3n) is 6.03. The molecule has 0 amide bonds. The van der Waals surface area contributed by atoms with Crippen LogP contribution in [0.5, 0.6) is 11.5 Å². The van der Waals surface area contributed by atoms with E-state index in [-0.39, 0.29) is 12.1 Å². The molecule has 4 nitrogen and oxygen atoms in total. The van der Waals surface area contributed by atoms with Crippen molar-refractivity contribution in [1.29, 1.82) is 0 Å². The molecule has 0 radical (unpaired) electrons. The van der Waals surface area contributed by atoms with E-state index in [0.717, 1.165) is 30.8 Å². The fourth-order valence-electron chi connectivity index (χ4n) is 3.79. The van der Waals surface area contributed by atoms with Crippen molar-refractivity contribution in [2.24, 2.45) is 0 Å². The van der Waals surface area contributed by atoms with Crippen LogP contribution in [-0.4, -0.2) is 19.2 Å². The highest BCUT2D eigenvalue weighted by atomic mass is 16.5. The fraction of sp³-hybridized carbons (Fsp3) is 0.567. The van der Waals surface area contributed by atoms with Crippen molar-refractivity contribution < 1.29 is 19.0 Å². The van der Waals surface area contributed by atoms with Crippen LogP contribution in [0.25, 0.3) is 0 Å². The summed E-state index contributed by atoms with van der Waals surface area (Å²) >= 11 is 0. The lowest BCUT2D eigenvalue weighted by Crippen LogP contribution is -2.09. The molecule has 0 aromatic heterocycles. The van der Waals surface area contributed by atoms with Crippen LogP contribution in [0.2, 0.25) is 0 Å². The number of carbonyl (C=O) groups is 1. The highest BCUT2D eigenvalue weighted by molar-refractivity contribution is 5.91. The summed E-state index contributed by atoms with van der Waals surface area (Å²) in [6.45, 7) is 7.99. The number of esters is 1. The van der Waals surface area contributed by atoms with Crippen LogP contribution < -0.4 is 9.47 Å². The number of rotatable bonds is 18. The van der Waals surface area contributed by atoms with Gasteiger partial charge in [0.15, 0.2) is 0 Å². The molecule has 0 saturated carbocycles. The molecule has 0 aliphatic rings. The summed E-state index contributed by atoms with van der Waals surface area (Å²) in [5.41, 5.74) is 1.59. The first-order valence-electron chi connectivity index (χ1n) is 13.3. The zero-order valence-electron chi connectivity index (χ0n) is 21.5. The van der Waals surface area contributed by atoms with Gasteiger partial charge in [0.1, 0.15) is 11.5 Å². The number of ether oxygens (including phenoxy) is 3. The first-order valence-corrected chi connectivity index (χ1v) is 13.3. The molecule has 0 saturated heterocycles. The summed E-state index contributed by atoms with van der Waals surface area (Å²) in [6, 6.07) is 14.7. The molecule has 0 bridgehead atoms. The van der Waals surface area contributed by atoms with E-state index >= 15 is 0 Å². The average molecular weight is 469 g/mol. The van der Waals surface area contributed by atoms with Gasteiger partial charge in [0, 0.05) is 6.61 Å². The Balaban J connectivity index is 1.69. The number of carbonyl (C=O) groups excluding carboxylic acids is 1. The van der Waals surface area contributed by atoms with Crippen molar-refractivity contribution in [2.75, 3.05) is 13.2 Å². The quantitative estimate of drug-likeness (QED) is 0.125. The lowest BCUT2D eigenvalue weighted by molar-refractivity contribution is 0.0627. The fourth-order valence-corrected chi connectivity index (χ4v) is 3.79. The van der Waals surface area contributed by atoms with Gasteiger partial charge in [-0.1, -0.05) is 83.8 Å². The number of hydrogen-bond donors (Lipinski definition) is 0. The van der Waals surface area contributed by atoms with Gasteiger partial charge < -0.3 is 14.2 Å². The van der Waals surface area contributed by atoms with E-state index in [4.69, 9.17) is 14.2 Å². The lowest BCUT2D eigenvalue weighted by atomic mass is 10.1. The summed E-state index contributed by atoms with van der Waals surface area (Å²) in [7, 11) is 0. The van der Waals surface area contributed by atoms with Crippen LogP contribution in [-0.2, 0) is 4.74 Å². The SMILES string of the molecule is CCCCCCCCCOC(C)c1ccc(OC(=O)c2ccc(OCCCCCC)cc2)cc1. The van der Waals surface area contributed by atoms with Crippen molar-refractivity contribution in [1.82, 2.24) is 0 Å². The van der Waals surface area contributed by atoms with Crippen molar-refractivity contribution in [3.8, 4) is 11.5 Å². The summed E-state index contributed by atoms with van der Waals surface area (Å²) in [6.07, 6.45) is 13.7. The molecule has 2 rings (SSSR count). The van der Waals surface area contributed by atoms with Gasteiger partial charge >= 0.3 is 5.97 Å². The maximum Gasteiger partial charge on any atom is 0.343 e. The second kappa shape index (κ2) is 17.2. The van der Waals surface area contributed by atoms with E-state index in [1.165, 1.54) is 57.8 Å². The molecule has 1 unspecified atom stereocenters. The molecule has 0 aliphatic heterocycles. The summed E-state index contributed by atoms with van der Waals surface area (Å²) < 4.78 is 17.3. The largest absolute Gasteiger partial charge is 0.494 e. The maximum absolute atomic E-state index is 12.5. The van der Waals surface area contributed by atoms with Crippen LogP contribution >= 0.6 is 0 Å². The number of hydrogen-bond acceptors (Lipinski definition) is 4. The van der Waals surface area contributed by atoms with E-state index in [9.17, 15) is 4.79 Å². The highest BCUT2D eigenvalue weighted by Crippen LogP contribution is 2.22. The van der Waals surface area contributed by atoms with Gasteiger partial charge in [-0.15, -0.1) is 0 Å². The molecular weight excluding hydrogens is 424 g/mol. The molecule has 0 N–H and O–H groups in total. The Morgan fingerprint density at radius 3 is 1.85 bits per heavy atom. The van der Waals surface area contributed by atoms with Gasteiger partial charge in [-0.3, -0.25) is 0 Å². The molecule has 0 heterocycles. The molecule has 188 valence electrons. The molecule has 34 heavy (non-hydrogen) atoms. The second-order valence-electron chi connectivity index (χ2n) is 9.03. The van der Waals surface area contributed by atoms with Crippen molar-refractivity contribution in [3.63, 3.8) is 0 Å². The van der Waals surface area contributed by atoms with Crippen molar-refractivity contribution in [3.05, 3.63) is 59.7 Å². The third kappa shape index (κ3) is 11.2. The minimum absolute atomic E-state index is 0.0272. The minimum Gasteiger partial charge on any atom is -0.494 e. The lowest BCUT2D eigenvalue weighted by Gasteiger charge is -2.14. The minimum atomic E-state index is -0.370. The second-order valence-corrected chi connectivity index (χ2v) is 9.03. The number of benzene rings is 2. The molecule has 0 aliphatic carbocycles. The maximum atomic E-state index is 12.5. The molecule has 2 aromatic rings. The Morgan fingerprint density at radius 1 is 0.676 bits per heavy atom. The Kier molecular flexibility index (Phi) is 14.1. The van der Waals surface area contributed by atoms with E-state index in [1.54, 1.807) is 12.1 Å². The first kappa shape index (κ1) is 27.9. The summed E-state index contributed by atoms with van der Waals surface area (Å²) in [4.78, 5) is 12.5. The van der Waals surface area contributed by atoms with Gasteiger partial charge in [-0.05, 0) is 61.7 Å². The van der Waals surface area contributed by atoms with E-state index in [1.807, 2.05) is 36.4 Å². The average Bonchev–Trinajstić information content (AvgIpc) is 2.86. The Bertz CT molecular complexity index is 782. The third-order valence-corrected chi connectivity index (χ3v) is 6.03. The van der Waals surface area contributed by atoms with Crippen LogP contribution in [0, 0.1) is 0 Å². The molecule has 1 atom stereocenters. The Morgan fingerprint density at radius 2 is 1.21 bits per heavy atom. The predicted octanol–water partition coefficient (Wildman–Crippen LogP) is 8.69. The monoisotopic (exact) mass is 468 g/mol. The smallest absolute Gasteiger partial charge is 0.343 e. The Hall–Kier alpha value is -2.33. The van der Waals surface area contributed by atoms with Gasteiger partial charge in [-0.25, -0.2) is 4.79 Å². The molecule has 2 aromatic carbocycles. The molecule has 0 spiro atoms. The van der Waals surface area contributed by atoms with Gasteiger partial charge in [0.05, 0.1) is 18.3 Å². The van der Waals surface area contributed by atoms with E-state index < -0.39 is 0 Å². The number of unbranched alkanes of at least 4 members (excludes halogenated alkanes) is 9. The van der Waals surface area contributed by atoms with Gasteiger partial charge in [0.2, 0.25) is 0 Å². The standard InChI is InChI=1S/C30H44O4/c1-4-6-8-10-11-12-14-23-32-25(3)26-15-21-29(22-16-26)34-30(31)27-17-19-28(20-18-27)33-24-13-9-7-5-2/h15-22,25H,4-14,23-24H2,1-3H3. The van der Waals surface area contributed by atoms with Gasteiger partial charge in [-0.2, -0.15) is 0 Å². The zero-order valence-corrected chi connectivity index (χ0v) is 21.5. The highest BCUT2D eigenvalue weighted by Gasteiger charge is 2.11. The van der Waals surface area contributed by atoms with E-state index in [0.29, 0.717) is 17.9 Å². The normalized spacial score (nSPS) is 11.9. The van der Waals surface area contributed by atoms with Crippen LogP contribution in [0.1, 0.15) is 113 Å².